The molecule has 1 amide bonds. The molecular weight excluding hydrogens is 238 g/mol. The molecule has 1 unspecified atom stereocenters. The summed E-state index contributed by atoms with van der Waals surface area (Å²) in [6.45, 7) is 4.86. The molecule has 0 aliphatic carbocycles. The molecule has 4 heteroatoms. The summed E-state index contributed by atoms with van der Waals surface area (Å²) in [5, 5.41) is 9.01. The Hall–Kier alpha value is -2.02. The van der Waals surface area contributed by atoms with E-state index in [0.29, 0.717) is 6.54 Å². The number of nitrogens with zero attached hydrogens (tertiary/aromatic N) is 3. The van der Waals surface area contributed by atoms with Crippen molar-refractivity contribution in [3.05, 3.63) is 30.3 Å². The summed E-state index contributed by atoms with van der Waals surface area (Å²) in [5.41, 5.74) is 0.806. The third kappa shape index (κ3) is 2.41. The van der Waals surface area contributed by atoms with E-state index >= 15 is 0 Å². The van der Waals surface area contributed by atoms with E-state index in [1.807, 2.05) is 30.3 Å². The Morgan fingerprint density at radius 1 is 1.37 bits per heavy atom. The number of anilines is 1. The highest BCUT2D eigenvalue weighted by Gasteiger charge is 2.43. The number of amides is 1. The van der Waals surface area contributed by atoms with E-state index in [0.717, 1.165) is 5.69 Å². The normalized spacial score (nSPS) is 22.2. The maximum absolute atomic E-state index is 12.3. The number of carbonyl (C=O) groups is 1. The number of para-hydroxylation sites is 1. The highest BCUT2D eigenvalue weighted by molar-refractivity contribution is 5.87. The van der Waals surface area contributed by atoms with E-state index in [4.69, 9.17) is 5.26 Å². The molecule has 0 N–H and O–H groups in total. The maximum atomic E-state index is 12.3. The zero-order chi connectivity index (χ0) is 14.0. The van der Waals surface area contributed by atoms with E-state index < -0.39 is 6.04 Å². The number of likely N-dealkylation sites (N-methyl/N-ethyl adjacent to an activating group) is 1. The molecule has 19 heavy (non-hydrogen) atoms. The average Bonchev–Trinajstić information content (AvgIpc) is 2.36. The van der Waals surface area contributed by atoms with Gasteiger partial charge in [0.25, 0.3) is 0 Å². The molecule has 1 atom stereocenters. The lowest BCUT2D eigenvalue weighted by Crippen LogP contribution is -2.66. The minimum atomic E-state index is -0.402. The predicted octanol–water partition coefficient (Wildman–Crippen LogP) is 2.03. The first-order valence-electron chi connectivity index (χ1n) is 6.43. The monoisotopic (exact) mass is 257 g/mol. The summed E-state index contributed by atoms with van der Waals surface area (Å²) in [6.07, 6.45) is 0.210. The van der Waals surface area contributed by atoms with Gasteiger partial charge < -0.3 is 9.80 Å². The lowest BCUT2D eigenvalue weighted by Gasteiger charge is -2.51. The van der Waals surface area contributed by atoms with Crippen LogP contribution in [0.3, 0.4) is 0 Å². The van der Waals surface area contributed by atoms with Crippen molar-refractivity contribution in [2.75, 3.05) is 18.5 Å². The van der Waals surface area contributed by atoms with Crippen molar-refractivity contribution in [2.24, 2.45) is 0 Å². The van der Waals surface area contributed by atoms with Crippen LogP contribution in [0, 0.1) is 11.3 Å². The first-order valence-corrected chi connectivity index (χ1v) is 6.43. The molecule has 1 aliphatic rings. The number of rotatable bonds is 2. The molecule has 0 radical (unpaired) electrons. The fraction of sp³-hybridized carbons (Fsp3) is 0.467. The van der Waals surface area contributed by atoms with Crippen LogP contribution in [0.5, 0.6) is 0 Å². The summed E-state index contributed by atoms with van der Waals surface area (Å²) < 4.78 is 0. The van der Waals surface area contributed by atoms with Crippen LogP contribution in [-0.4, -0.2) is 36.0 Å². The number of hydrogen-bond donors (Lipinski definition) is 0. The summed E-state index contributed by atoms with van der Waals surface area (Å²) in [5.74, 6) is 0.0183. The Morgan fingerprint density at radius 3 is 2.58 bits per heavy atom. The highest BCUT2D eigenvalue weighted by Crippen LogP contribution is 2.32. The molecule has 1 aromatic rings. The molecule has 2 rings (SSSR count). The van der Waals surface area contributed by atoms with Gasteiger partial charge in [0.15, 0.2) is 0 Å². The lowest BCUT2D eigenvalue weighted by atomic mass is 9.92. The van der Waals surface area contributed by atoms with Crippen molar-refractivity contribution in [1.29, 1.82) is 5.26 Å². The summed E-state index contributed by atoms with van der Waals surface area (Å²) >= 11 is 0. The topological polar surface area (TPSA) is 47.3 Å². The maximum Gasteiger partial charge on any atom is 0.246 e. The Kier molecular flexibility index (Phi) is 3.48. The van der Waals surface area contributed by atoms with E-state index in [9.17, 15) is 4.79 Å². The molecule has 4 nitrogen and oxygen atoms in total. The van der Waals surface area contributed by atoms with Gasteiger partial charge >= 0.3 is 0 Å². The van der Waals surface area contributed by atoms with Crippen LogP contribution >= 0.6 is 0 Å². The lowest BCUT2D eigenvalue weighted by molar-refractivity contribution is -0.134. The molecular formula is C15H19N3O. The first-order chi connectivity index (χ1) is 8.97. The molecule has 100 valence electrons. The van der Waals surface area contributed by atoms with Gasteiger partial charge in [-0.15, -0.1) is 0 Å². The van der Waals surface area contributed by atoms with Crippen molar-refractivity contribution >= 4 is 11.6 Å². The predicted molar refractivity (Wildman–Crippen MR) is 74.7 cm³/mol. The summed E-state index contributed by atoms with van der Waals surface area (Å²) in [4.78, 5) is 16.1. The largest absolute Gasteiger partial charge is 0.352 e. The van der Waals surface area contributed by atoms with Crippen molar-refractivity contribution < 1.29 is 4.79 Å². The smallest absolute Gasteiger partial charge is 0.246 e. The second kappa shape index (κ2) is 4.93. The van der Waals surface area contributed by atoms with Crippen LogP contribution < -0.4 is 4.90 Å². The quantitative estimate of drug-likeness (QED) is 0.814. The van der Waals surface area contributed by atoms with Crippen LogP contribution in [-0.2, 0) is 4.79 Å². The molecule has 1 aliphatic heterocycles. The molecule has 1 aromatic carbocycles. The first kappa shape index (κ1) is 13.4. The van der Waals surface area contributed by atoms with Gasteiger partial charge in [0.1, 0.15) is 6.04 Å². The molecule has 1 fully saturated rings. The zero-order valence-electron chi connectivity index (χ0n) is 11.6. The Morgan fingerprint density at radius 2 is 2.00 bits per heavy atom. The fourth-order valence-electron chi connectivity index (χ4n) is 2.90. The van der Waals surface area contributed by atoms with Gasteiger partial charge in [-0.3, -0.25) is 4.79 Å². The Labute approximate surface area is 114 Å². The second-order valence-corrected chi connectivity index (χ2v) is 5.59. The standard InChI is InChI=1S/C15H19N3O/c1-15(2)11-17(3)14(19)13(9-10-16)18(15)12-7-5-4-6-8-12/h4-8,13H,9,11H2,1-3H3. The van der Waals surface area contributed by atoms with Crippen LogP contribution in [0.25, 0.3) is 0 Å². The van der Waals surface area contributed by atoms with E-state index in [-0.39, 0.29) is 17.9 Å². The van der Waals surface area contributed by atoms with Crippen LogP contribution in [0.4, 0.5) is 5.69 Å². The average molecular weight is 257 g/mol. The Balaban J connectivity index is 2.45. The molecule has 1 heterocycles. The number of carbonyl (C=O) groups excluding carboxylic acids is 1. The second-order valence-electron chi connectivity index (χ2n) is 5.59. The van der Waals surface area contributed by atoms with Crippen LogP contribution in [0.15, 0.2) is 30.3 Å². The molecule has 1 saturated heterocycles. The summed E-state index contributed by atoms with van der Waals surface area (Å²) in [7, 11) is 1.80. The highest BCUT2D eigenvalue weighted by atomic mass is 16.2. The number of benzene rings is 1. The van der Waals surface area contributed by atoms with Gasteiger partial charge in [-0.05, 0) is 26.0 Å². The van der Waals surface area contributed by atoms with E-state index in [1.165, 1.54) is 0 Å². The van der Waals surface area contributed by atoms with Gasteiger partial charge in [0.05, 0.1) is 18.0 Å². The van der Waals surface area contributed by atoms with Gasteiger partial charge in [0, 0.05) is 19.3 Å². The fourth-order valence-corrected chi connectivity index (χ4v) is 2.90. The van der Waals surface area contributed by atoms with Crippen molar-refractivity contribution in [3.8, 4) is 6.07 Å². The number of hydrogen-bond acceptors (Lipinski definition) is 3. The molecule has 0 saturated carbocycles. The van der Waals surface area contributed by atoms with E-state index in [1.54, 1.807) is 11.9 Å². The van der Waals surface area contributed by atoms with Gasteiger partial charge in [-0.1, -0.05) is 18.2 Å². The van der Waals surface area contributed by atoms with Crippen molar-refractivity contribution in [3.63, 3.8) is 0 Å². The van der Waals surface area contributed by atoms with Gasteiger partial charge in [-0.25, -0.2) is 0 Å². The third-order valence-corrected chi connectivity index (χ3v) is 3.57. The van der Waals surface area contributed by atoms with Gasteiger partial charge in [0.2, 0.25) is 5.91 Å². The summed E-state index contributed by atoms with van der Waals surface area (Å²) in [6, 6.07) is 11.6. The molecule has 0 aromatic heterocycles. The SMILES string of the molecule is CN1CC(C)(C)N(c2ccccc2)C(CC#N)C1=O. The van der Waals surface area contributed by atoms with Crippen molar-refractivity contribution in [2.45, 2.75) is 31.8 Å². The minimum absolute atomic E-state index is 0.0183. The molecule has 0 spiro atoms. The number of nitriles is 1. The zero-order valence-corrected chi connectivity index (χ0v) is 11.6. The van der Waals surface area contributed by atoms with Crippen LogP contribution in [0.2, 0.25) is 0 Å². The third-order valence-electron chi connectivity index (χ3n) is 3.57. The minimum Gasteiger partial charge on any atom is -0.352 e. The van der Waals surface area contributed by atoms with E-state index in [2.05, 4.69) is 24.8 Å². The van der Waals surface area contributed by atoms with Gasteiger partial charge in [-0.2, -0.15) is 5.26 Å². The number of piperazine rings is 1. The molecule has 0 bridgehead atoms. The van der Waals surface area contributed by atoms with Crippen LogP contribution in [0.1, 0.15) is 20.3 Å². The van der Waals surface area contributed by atoms with Crippen molar-refractivity contribution in [1.82, 2.24) is 4.90 Å². The Bertz CT molecular complexity index is 504.